The molecule has 0 atom stereocenters. The van der Waals surface area contributed by atoms with Crippen LogP contribution in [0, 0.1) is 5.82 Å². The summed E-state index contributed by atoms with van der Waals surface area (Å²) in [5.74, 6) is -2.46. The summed E-state index contributed by atoms with van der Waals surface area (Å²) < 4.78 is 26.7. The summed E-state index contributed by atoms with van der Waals surface area (Å²) in [5.41, 5.74) is 0. The van der Waals surface area contributed by atoms with Gasteiger partial charge in [0.25, 0.3) is 0 Å². The Bertz CT molecular complexity index is 515. The maximum atomic E-state index is 12.7. The quantitative estimate of drug-likeness (QED) is 0.580. The number of methoxy groups -OCH3 is 2. The lowest BCUT2D eigenvalue weighted by atomic mass is 10.3. The average molecular weight is 313 g/mol. The fourth-order valence-corrected chi connectivity index (χ4v) is 1.48. The van der Waals surface area contributed by atoms with E-state index in [0.717, 1.165) is 14.2 Å². The summed E-state index contributed by atoms with van der Waals surface area (Å²) >= 11 is 0. The topological polar surface area (TPSA) is 90.9 Å². The van der Waals surface area contributed by atoms with Crippen molar-refractivity contribution in [2.45, 2.75) is 12.5 Å². The van der Waals surface area contributed by atoms with Gasteiger partial charge in [0.15, 0.2) is 0 Å². The van der Waals surface area contributed by atoms with Crippen molar-refractivity contribution in [1.29, 1.82) is 0 Å². The van der Waals surface area contributed by atoms with Crippen LogP contribution in [0.3, 0.4) is 0 Å². The van der Waals surface area contributed by atoms with Gasteiger partial charge in [0.05, 0.1) is 27.2 Å². The molecule has 0 saturated carbocycles. The van der Waals surface area contributed by atoms with Gasteiger partial charge in [-0.05, 0) is 24.3 Å². The molecule has 0 aliphatic carbocycles. The molecule has 0 unspecified atom stereocenters. The van der Waals surface area contributed by atoms with E-state index in [1.807, 2.05) is 0 Å². The molecule has 1 aromatic carbocycles. The highest BCUT2D eigenvalue weighted by molar-refractivity contribution is 6.02. The van der Waals surface area contributed by atoms with E-state index in [9.17, 15) is 18.8 Å². The minimum atomic E-state index is -1.52. The number of benzene rings is 1. The molecule has 0 radical (unpaired) electrons. The Hall–Kier alpha value is -2.64. The van der Waals surface area contributed by atoms with Crippen LogP contribution in [0.25, 0.3) is 0 Å². The first-order valence-corrected chi connectivity index (χ1v) is 6.31. The van der Waals surface area contributed by atoms with Gasteiger partial charge in [-0.25, -0.2) is 14.0 Å². The normalized spacial score (nSPS) is 10.0. The molecule has 1 N–H and O–H groups in total. The number of carbonyl (C=O) groups excluding carboxylic acids is 3. The van der Waals surface area contributed by atoms with Crippen LogP contribution >= 0.6 is 0 Å². The Morgan fingerprint density at radius 1 is 1.09 bits per heavy atom. The molecule has 1 aromatic rings. The fourth-order valence-electron chi connectivity index (χ4n) is 1.48. The number of hydrogen-bond acceptors (Lipinski definition) is 6. The molecular formula is C14H16FNO6. The van der Waals surface area contributed by atoms with Crippen molar-refractivity contribution < 1.29 is 33.0 Å². The smallest absolute Gasteiger partial charge is 0.340 e. The molecule has 22 heavy (non-hydrogen) atoms. The summed E-state index contributed by atoms with van der Waals surface area (Å²) in [6.45, 7) is -0.00741. The summed E-state index contributed by atoms with van der Waals surface area (Å²) in [4.78, 5) is 34.4. The van der Waals surface area contributed by atoms with Gasteiger partial charge >= 0.3 is 11.9 Å². The number of carbonyl (C=O) groups is 3. The first-order chi connectivity index (χ1) is 10.5. The second-order valence-electron chi connectivity index (χ2n) is 4.10. The largest absolute Gasteiger partial charge is 0.493 e. The van der Waals surface area contributed by atoms with Gasteiger partial charge in [-0.3, -0.25) is 4.79 Å². The molecule has 1 rings (SSSR count). The summed E-state index contributed by atoms with van der Waals surface area (Å²) in [6, 6.07) is 3.76. The molecule has 1 amide bonds. The van der Waals surface area contributed by atoms with Gasteiger partial charge < -0.3 is 19.5 Å². The van der Waals surface area contributed by atoms with E-state index in [0.29, 0.717) is 5.75 Å². The van der Waals surface area contributed by atoms with Crippen LogP contribution in [-0.4, -0.2) is 44.7 Å². The van der Waals surface area contributed by atoms with Crippen molar-refractivity contribution in [1.82, 2.24) is 5.32 Å². The summed E-state index contributed by atoms with van der Waals surface area (Å²) in [6.07, 6.45) is -0.109. The average Bonchev–Trinajstić information content (AvgIpc) is 2.53. The van der Waals surface area contributed by atoms with Crippen molar-refractivity contribution in [2.24, 2.45) is 0 Å². The predicted molar refractivity (Wildman–Crippen MR) is 72.5 cm³/mol. The monoisotopic (exact) mass is 313 g/mol. The molecule has 0 bridgehead atoms. The van der Waals surface area contributed by atoms with Gasteiger partial charge in [-0.2, -0.15) is 0 Å². The molecule has 0 aliphatic heterocycles. The van der Waals surface area contributed by atoms with E-state index in [2.05, 4.69) is 14.8 Å². The van der Waals surface area contributed by atoms with E-state index in [4.69, 9.17) is 4.74 Å². The minimum Gasteiger partial charge on any atom is -0.493 e. The van der Waals surface area contributed by atoms with E-state index >= 15 is 0 Å². The van der Waals surface area contributed by atoms with Gasteiger partial charge in [0, 0.05) is 0 Å². The molecular weight excluding hydrogens is 297 g/mol. The lowest BCUT2D eigenvalue weighted by Crippen LogP contribution is -2.47. The summed E-state index contributed by atoms with van der Waals surface area (Å²) in [7, 11) is 2.17. The molecule has 0 fully saturated rings. The number of hydrogen-bond donors (Lipinski definition) is 1. The Labute approximate surface area is 126 Å². The molecule has 8 heteroatoms. The zero-order valence-electron chi connectivity index (χ0n) is 12.1. The lowest BCUT2D eigenvalue weighted by Gasteiger charge is -2.14. The third kappa shape index (κ3) is 5.39. The van der Waals surface area contributed by atoms with E-state index in [1.54, 1.807) is 0 Å². The second-order valence-corrected chi connectivity index (χ2v) is 4.10. The van der Waals surface area contributed by atoms with Crippen LogP contribution in [-0.2, 0) is 23.9 Å². The third-order valence-corrected chi connectivity index (χ3v) is 2.59. The molecule has 7 nitrogen and oxygen atoms in total. The van der Waals surface area contributed by atoms with Crippen LogP contribution in [0.1, 0.15) is 6.42 Å². The highest BCUT2D eigenvalue weighted by atomic mass is 19.1. The van der Waals surface area contributed by atoms with Gasteiger partial charge in [0.2, 0.25) is 11.9 Å². The van der Waals surface area contributed by atoms with E-state index < -0.39 is 29.7 Å². The number of nitrogens with one attached hydrogen (secondary N) is 1. The maximum Gasteiger partial charge on any atom is 0.340 e. The predicted octanol–water partition coefficient (Wildman–Crippen LogP) is 0.425. The van der Waals surface area contributed by atoms with Crippen LogP contribution < -0.4 is 10.1 Å². The molecule has 0 saturated heterocycles. The number of amides is 1. The van der Waals surface area contributed by atoms with Crippen LogP contribution in [0.2, 0.25) is 0 Å². The summed E-state index contributed by atoms with van der Waals surface area (Å²) in [5, 5.41) is 2.19. The van der Waals surface area contributed by atoms with Gasteiger partial charge in [-0.15, -0.1) is 0 Å². The van der Waals surface area contributed by atoms with Crippen LogP contribution in [0.5, 0.6) is 5.75 Å². The molecule has 0 aromatic heterocycles. The van der Waals surface area contributed by atoms with Gasteiger partial charge in [-0.1, -0.05) is 0 Å². The highest BCUT2D eigenvalue weighted by Crippen LogP contribution is 2.11. The Morgan fingerprint density at radius 2 is 1.64 bits per heavy atom. The Kier molecular flexibility index (Phi) is 6.81. The zero-order valence-corrected chi connectivity index (χ0v) is 12.1. The van der Waals surface area contributed by atoms with Crippen LogP contribution in [0.4, 0.5) is 4.39 Å². The second kappa shape index (κ2) is 8.60. The van der Waals surface area contributed by atoms with Crippen molar-refractivity contribution >= 4 is 17.8 Å². The number of rotatable bonds is 7. The highest BCUT2D eigenvalue weighted by Gasteiger charge is 2.30. The Balaban J connectivity index is 2.45. The molecule has 0 heterocycles. The van der Waals surface area contributed by atoms with Crippen molar-refractivity contribution in [3.05, 3.63) is 30.1 Å². The maximum absolute atomic E-state index is 12.7. The number of ether oxygens (including phenoxy) is 3. The molecule has 0 aliphatic rings. The van der Waals surface area contributed by atoms with E-state index in [-0.39, 0.29) is 13.0 Å². The standard InChI is InChI=1S/C14H16FNO6/c1-20-13(18)12(14(19)21-2)16-11(17)7-8-22-10-5-3-9(15)4-6-10/h3-6,12H,7-8H2,1-2H3,(H,16,17). The first kappa shape index (κ1) is 17.4. The fraction of sp³-hybridized carbons (Fsp3) is 0.357. The van der Waals surface area contributed by atoms with Crippen LogP contribution in [0.15, 0.2) is 24.3 Å². The zero-order chi connectivity index (χ0) is 16.5. The first-order valence-electron chi connectivity index (χ1n) is 6.31. The SMILES string of the molecule is COC(=O)C(NC(=O)CCOc1ccc(F)cc1)C(=O)OC. The van der Waals surface area contributed by atoms with Crippen molar-refractivity contribution in [3.8, 4) is 5.75 Å². The molecule has 120 valence electrons. The number of esters is 2. The van der Waals surface area contributed by atoms with E-state index in [1.165, 1.54) is 24.3 Å². The third-order valence-electron chi connectivity index (χ3n) is 2.59. The lowest BCUT2D eigenvalue weighted by molar-refractivity contribution is -0.157. The van der Waals surface area contributed by atoms with Crippen molar-refractivity contribution in [3.63, 3.8) is 0 Å². The van der Waals surface area contributed by atoms with Gasteiger partial charge in [0.1, 0.15) is 11.6 Å². The minimum absolute atomic E-state index is 0.00741. The Morgan fingerprint density at radius 3 is 2.14 bits per heavy atom. The molecule has 0 spiro atoms. The van der Waals surface area contributed by atoms with Crippen molar-refractivity contribution in [2.75, 3.05) is 20.8 Å². The number of halogens is 1.